The number of amides is 1. The summed E-state index contributed by atoms with van der Waals surface area (Å²) in [5.74, 6) is 1.26. The topological polar surface area (TPSA) is 43.1 Å². The molecule has 1 radical (unpaired) electrons. The van der Waals surface area contributed by atoms with Gasteiger partial charge in [-0.15, -0.1) is 0 Å². The normalized spacial score (nSPS) is 10.9. The van der Waals surface area contributed by atoms with Gasteiger partial charge in [0.1, 0.15) is 0 Å². The highest BCUT2D eigenvalue weighted by molar-refractivity contribution is 5.95. The smallest absolute Gasteiger partial charge is 0.248 e. The molecule has 0 aromatic heterocycles. The fourth-order valence-electron chi connectivity index (χ4n) is 1.35. The van der Waals surface area contributed by atoms with E-state index in [0.29, 0.717) is 11.5 Å². The van der Waals surface area contributed by atoms with E-state index in [1.807, 2.05) is 25.1 Å². The van der Waals surface area contributed by atoms with E-state index in [-0.39, 0.29) is 5.91 Å². The van der Waals surface area contributed by atoms with E-state index in [1.54, 1.807) is 6.07 Å². The van der Waals surface area contributed by atoms with Crippen molar-refractivity contribution < 1.29 is 4.79 Å². The summed E-state index contributed by atoms with van der Waals surface area (Å²) in [4.78, 5) is 11.2. The first-order valence-corrected chi connectivity index (χ1v) is 4.76. The maximum absolute atomic E-state index is 11.2. The van der Waals surface area contributed by atoms with Gasteiger partial charge in [-0.1, -0.05) is 39.0 Å². The molecule has 14 heavy (non-hydrogen) atoms. The molecule has 0 aliphatic carbocycles. The quantitative estimate of drug-likeness (QED) is 0.781. The van der Waals surface area contributed by atoms with Gasteiger partial charge in [0.2, 0.25) is 5.91 Å². The fraction of sp³-hybridized carbons (Fsp3) is 0.333. The van der Waals surface area contributed by atoms with E-state index in [4.69, 9.17) is 5.73 Å². The summed E-state index contributed by atoms with van der Waals surface area (Å²) in [5.41, 5.74) is 6.88. The molecule has 1 amide bonds. The summed E-state index contributed by atoms with van der Waals surface area (Å²) < 4.78 is 0. The molecule has 0 unspecified atom stereocenters. The van der Waals surface area contributed by atoms with Gasteiger partial charge in [0.15, 0.2) is 0 Å². The molecule has 1 aromatic carbocycles. The van der Waals surface area contributed by atoms with E-state index in [1.165, 1.54) is 5.92 Å². The van der Waals surface area contributed by atoms with Crippen molar-refractivity contribution in [3.8, 4) is 0 Å². The molecule has 0 fully saturated rings. The van der Waals surface area contributed by atoms with Gasteiger partial charge in [-0.25, -0.2) is 0 Å². The molecule has 0 heterocycles. The minimum atomic E-state index is -0.361. The van der Waals surface area contributed by atoms with Gasteiger partial charge in [-0.05, 0) is 17.5 Å². The van der Waals surface area contributed by atoms with Crippen molar-refractivity contribution in [2.75, 3.05) is 0 Å². The first-order valence-electron chi connectivity index (χ1n) is 4.76. The van der Waals surface area contributed by atoms with Crippen LogP contribution < -0.4 is 5.73 Å². The number of hydrogen-bond donors (Lipinski definition) is 1. The molecular weight excluding hydrogens is 174 g/mol. The Bertz CT molecular complexity index is 331. The van der Waals surface area contributed by atoms with Crippen molar-refractivity contribution >= 4 is 5.91 Å². The molecule has 75 valence electrons. The third kappa shape index (κ3) is 2.13. The van der Waals surface area contributed by atoms with Crippen LogP contribution in [0.5, 0.6) is 0 Å². The molecule has 0 spiro atoms. The van der Waals surface area contributed by atoms with E-state index >= 15 is 0 Å². The second-order valence-electron chi connectivity index (χ2n) is 3.75. The molecule has 2 nitrogen and oxygen atoms in total. The zero-order valence-corrected chi connectivity index (χ0v) is 8.87. The molecule has 0 bridgehead atoms. The first kappa shape index (κ1) is 10.8. The van der Waals surface area contributed by atoms with E-state index < -0.39 is 0 Å². The number of nitrogens with two attached hydrogens (primary N) is 1. The van der Waals surface area contributed by atoms with Crippen molar-refractivity contribution in [1.82, 2.24) is 0 Å². The van der Waals surface area contributed by atoms with Crippen LogP contribution in [0.25, 0.3) is 0 Å². The highest BCUT2D eigenvalue weighted by atomic mass is 16.1. The van der Waals surface area contributed by atoms with Crippen LogP contribution in [0.15, 0.2) is 24.3 Å². The number of benzene rings is 1. The van der Waals surface area contributed by atoms with Crippen LogP contribution in [-0.2, 0) is 0 Å². The van der Waals surface area contributed by atoms with Crippen LogP contribution in [0.2, 0.25) is 0 Å². The average molecular weight is 190 g/mol. The summed E-state index contributed by atoms with van der Waals surface area (Å²) in [5, 5.41) is 0. The van der Waals surface area contributed by atoms with Gasteiger partial charge in [0.25, 0.3) is 0 Å². The van der Waals surface area contributed by atoms with Crippen LogP contribution in [0.3, 0.4) is 0 Å². The van der Waals surface area contributed by atoms with Gasteiger partial charge in [0.05, 0.1) is 0 Å². The van der Waals surface area contributed by atoms with Crippen LogP contribution in [0, 0.1) is 11.8 Å². The third-order valence-corrected chi connectivity index (χ3v) is 2.48. The maximum atomic E-state index is 11.2. The van der Waals surface area contributed by atoms with Crippen molar-refractivity contribution in [1.29, 1.82) is 0 Å². The second kappa shape index (κ2) is 4.27. The lowest BCUT2D eigenvalue weighted by Gasteiger charge is -2.17. The van der Waals surface area contributed by atoms with Crippen LogP contribution in [0.1, 0.15) is 36.7 Å². The van der Waals surface area contributed by atoms with Gasteiger partial charge in [0, 0.05) is 11.5 Å². The van der Waals surface area contributed by atoms with Crippen molar-refractivity contribution in [3.63, 3.8) is 0 Å². The molecule has 1 rings (SSSR count). The molecule has 0 aliphatic rings. The zero-order valence-electron chi connectivity index (χ0n) is 8.87. The molecule has 2 N–H and O–H groups in total. The molecule has 2 heteroatoms. The average Bonchev–Trinajstić information content (AvgIpc) is 2.16. The Labute approximate surface area is 85.1 Å². The fourth-order valence-corrected chi connectivity index (χ4v) is 1.35. The number of carbonyl (C=O) groups excluding carboxylic acids is 1. The Morgan fingerprint density at radius 3 is 2.14 bits per heavy atom. The maximum Gasteiger partial charge on any atom is 0.248 e. The highest BCUT2D eigenvalue weighted by Gasteiger charge is 2.16. The lowest BCUT2D eigenvalue weighted by molar-refractivity contribution is 0.0999. The van der Waals surface area contributed by atoms with Crippen molar-refractivity contribution in [2.45, 2.75) is 20.8 Å². The Hall–Kier alpha value is -1.31. The van der Waals surface area contributed by atoms with Crippen molar-refractivity contribution in [3.05, 3.63) is 41.3 Å². The molecule has 0 aliphatic heterocycles. The van der Waals surface area contributed by atoms with Gasteiger partial charge >= 0.3 is 0 Å². The Kier molecular flexibility index (Phi) is 3.28. The Morgan fingerprint density at radius 2 is 1.71 bits per heavy atom. The van der Waals surface area contributed by atoms with Crippen molar-refractivity contribution in [2.24, 2.45) is 11.7 Å². The predicted octanol–water partition coefficient (Wildman–Crippen LogP) is 2.38. The standard InChI is InChI=1S/C12H16NO/c1-8(2)9(3)10-6-4-5-7-11(10)12(13)14/h4-8H,1-3H3,(H2,13,14). The summed E-state index contributed by atoms with van der Waals surface area (Å²) in [6, 6.07) is 7.46. The summed E-state index contributed by atoms with van der Waals surface area (Å²) in [7, 11) is 0. The predicted molar refractivity (Wildman–Crippen MR) is 57.8 cm³/mol. The molecule has 0 atom stereocenters. The number of hydrogen-bond acceptors (Lipinski definition) is 1. The van der Waals surface area contributed by atoms with Gasteiger partial charge < -0.3 is 5.73 Å². The van der Waals surface area contributed by atoms with E-state index in [0.717, 1.165) is 5.56 Å². The molecule has 0 saturated heterocycles. The number of rotatable bonds is 3. The van der Waals surface area contributed by atoms with Gasteiger partial charge in [-0.3, -0.25) is 4.79 Å². The minimum Gasteiger partial charge on any atom is -0.366 e. The monoisotopic (exact) mass is 190 g/mol. The lowest BCUT2D eigenvalue weighted by atomic mass is 9.87. The largest absolute Gasteiger partial charge is 0.366 e. The number of carbonyl (C=O) groups is 1. The van der Waals surface area contributed by atoms with Crippen LogP contribution in [0.4, 0.5) is 0 Å². The Morgan fingerprint density at radius 1 is 1.21 bits per heavy atom. The van der Waals surface area contributed by atoms with Crippen LogP contribution >= 0.6 is 0 Å². The molecule has 0 saturated carbocycles. The van der Waals surface area contributed by atoms with Crippen LogP contribution in [-0.4, -0.2) is 5.91 Å². The Balaban J connectivity index is 3.13. The van der Waals surface area contributed by atoms with E-state index in [9.17, 15) is 4.79 Å². The third-order valence-electron chi connectivity index (χ3n) is 2.48. The SMILES string of the molecule is C[C](c1ccccc1C(N)=O)C(C)C. The molecule has 1 aromatic rings. The minimum absolute atomic E-state index is 0.361. The summed E-state index contributed by atoms with van der Waals surface area (Å²) in [6.45, 7) is 6.24. The highest BCUT2D eigenvalue weighted by Crippen LogP contribution is 2.25. The zero-order chi connectivity index (χ0) is 10.7. The summed E-state index contributed by atoms with van der Waals surface area (Å²) >= 11 is 0. The van der Waals surface area contributed by atoms with Gasteiger partial charge in [-0.2, -0.15) is 0 Å². The summed E-state index contributed by atoms with van der Waals surface area (Å²) in [6.07, 6.45) is 0. The number of primary amides is 1. The first-order chi connectivity index (χ1) is 6.54. The van der Waals surface area contributed by atoms with E-state index in [2.05, 4.69) is 13.8 Å². The molecular formula is C12H16NO. The lowest BCUT2D eigenvalue weighted by Crippen LogP contribution is -2.16. The second-order valence-corrected chi connectivity index (χ2v) is 3.75.